The zero-order valence-corrected chi connectivity index (χ0v) is 16.0. The molecule has 0 spiro atoms. The first kappa shape index (κ1) is 19.3. The molecular formula is C21H25ClO3. The predicted molar refractivity (Wildman–Crippen MR) is 101 cm³/mol. The van der Waals surface area contributed by atoms with E-state index < -0.39 is 5.60 Å². The second-order valence-corrected chi connectivity index (χ2v) is 6.73. The standard InChI is InChI=1S/C21H25ClO3/c1-5-21(4,20(23)24-6-2)25-19-12-9-17(15(3)13-19)14-16-7-10-18(22)11-8-16/h7-13H,5-6,14H2,1-4H3. The van der Waals surface area contributed by atoms with E-state index in [2.05, 4.69) is 0 Å². The van der Waals surface area contributed by atoms with Crippen LogP contribution < -0.4 is 4.74 Å². The van der Waals surface area contributed by atoms with Crippen molar-refractivity contribution in [2.24, 2.45) is 0 Å². The molecule has 0 amide bonds. The van der Waals surface area contributed by atoms with Gasteiger partial charge in [-0.25, -0.2) is 4.79 Å². The maximum Gasteiger partial charge on any atom is 0.350 e. The number of benzene rings is 2. The van der Waals surface area contributed by atoms with Crippen LogP contribution in [-0.4, -0.2) is 18.2 Å². The van der Waals surface area contributed by atoms with Crippen LogP contribution in [0.5, 0.6) is 5.75 Å². The molecule has 25 heavy (non-hydrogen) atoms. The van der Waals surface area contributed by atoms with E-state index in [1.165, 1.54) is 11.1 Å². The number of halogens is 1. The van der Waals surface area contributed by atoms with Crippen molar-refractivity contribution < 1.29 is 14.3 Å². The first-order valence-electron chi connectivity index (χ1n) is 8.58. The molecule has 134 valence electrons. The van der Waals surface area contributed by atoms with Gasteiger partial charge in [0.25, 0.3) is 0 Å². The van der Waals surface area contributed by atoms with E-state index in [4.69, 9.17) is 21.1 Å². The Hall–Kier alpha value is -2.00. The van der Waals surface area contributed by atoms with Gasteiger partial charge in [-0.2, -0.15) is 0 Å². The summed E-state index contributed by atoms with van der Waals surface area (Å²) in [6.45, 7) is 7.87. The van der Waals surface area contributed by atoms with Crippen molar-refractivity contribution in [2.75, 3.05) is 6.61 Å². The maximum absolute atomic E-state index is 12.2. The summed E-state index contributed by atoms with van der Waals surface area (Å²) in [4.78, 5) is 12.2. The molecule has 0 aromatic heterocycles. The largest absolute Gasteiger partial charge is 0.476 e. The Balaban J connectivity index is 2.15. The minimum absolute atomic E-state index is 0.333. The van der Waals surface area contributed by atoms with Gasteiger partial charge in [0.05, 0.1) is 6.61 Å². The van der Waals surface area contributed by atoms with E-state index in [1.807, 2.05) is 56.3 Å². The molecule has 2 aromatic carbocycles. The fraction of sp³-hybridized carbons (Fsp3) is 0.381. The highest BCUT2D eigenvalue weighted by Gasteiger charge is 2.35. The lowest BCUT2D eigenvalue weighted by Gasteiger charge is -2.27. The van der Waals surface area contributed by atoms with Crippen molar-refractivity contribution in [3.8, 4) is 5.75 Å². The first-order valence-corrected chi connectivity index (χ1v) is 8.96. The van der Waals surface area contributed by atoms with Crippen LogP contribution in [0.3, 0.4) is 0 Å². The highest BCUT2D eigenvalue weighted by molar-refractivity contribution is 6.30. The fourth-order valence-electron chi connectivity index (χ4n) is 2.55. The summed E-state index contributed by atoms with van der Waals surface area (Å²) >= 11 is 5.94. The molecule has 0 saturated heterocycles. The van der Waals surface area contributed by atoms with Gasteiger partial charge in [-0.1, -0.05) is 36.7 Å². The minimum Gasteiger partial charge on any atom is -0.476 e. The quantitative estimate of drug-likeness (QED) is 0.624. The van der Waals surface area contributed by atoms with Crippen LogP contribution in [0.1, 0.15) is 43.9 Å². The van der Waals surface area contributed by atoms with Gasteiger partial charge < -0.3 is 9.47 Å². The van der Waals surface area contributed by atoms with Crippen molar-refractivity contribution in [3.05, 3.63) is 64.2 Å². The van der Waals surface area contributed by atoms with Crippen LogP contribution in [0.4, 0.5) is 0 Å². The number of hydrogen-bond acceptors (Lipinski definition) is 3. The number of carbonyl (C=O) groups is 1. The Labute approximate surface area is 154 Å². The summed E-state index contributed by atoms with van der Waals surface area (Å²) in [5.41, 5.74) is 2.56. The lowest BCUT2D eigenvalue weighted by molar-refractivity contribution is -0.160. The van der Waals surface area contributed by atoms with Gasteiger partial charge in [-0.05, 0) is 74.6 Å². The Morgan fingerprint density at radius 3 is 2.36 bits per heavy atom. The SMILES string of the molecule is CCOC(=O)C(C)(CC)Oc1ccc(Cc2ccc(Cl)cc2)c(C)c1. The molecule has 0 fully saturated rings. The Kier molecular flexibility index (Phi) is 6.49. The molecule has 0 aliphatic heterocycles. The Bertz CT molecular complexity index is 724. The molecule has 0 heterocycles. The topological polar surface area (TPSA) is 35.5 Å². The molecule has 1 atom stereocenters. The van der Waals surface area contributed by atoms with Crippen LogP contribution in [0.2, 0.25) is 5.02 Å². The lowest BCUT2D eigenvalue weighted by atomic mass is 10.00. The van der Waals surface area contributed by atoms with Crippen molar-refractivity contribution in [1.82, 2.24) is 0 Å². The maximum atomic E-state index is 12.2. The number of hydrogen-bond donors (Lipinski definition) is 0. The van der Waals surface area contributed by atoms with Gasteiger partial charge in [0.1, 0.15) is 5.75 Å². The average molecular weight is 361 g/mol. The van der Waals surface area contributed by atoms with E-state index in [9.17, 15) is 4.79 Å². The summed E-state index contributed by atoms with van der Waals surface area (Å²) < 4.78 is 11.1. The van der Waals surface area contributed by atoms with Crippen LogP contribution in [0.25, 0.3) is 0 Å². The number of ether oxygens (including phenoxy) is 2. The highest BCUT2D eigenvalue weighted by Crippen LogP contribution is 2.26. The van der Waals surface area contributed by atoms with Gasteiger partial charge in [0.15, 0.2) is 0 Å². The third-order valence-electron chi connectivity index (χ3n) is 4.35. The number of rotatable bonds is 7. The fourth-order valence-corrected chi connectivity index (χ4v) is 2.68. The average Bonchev–Trinajstić information content (AvgIpc) is 2.59. The van der Waals surface area contributed by atoms with Gasteiger partial charge in [-0.15, -0.1) is 0 Å². The molecule has 0 aliphatic rings. The van der Waals surface area contributed by atoms with E-state index in [1.54, 1.807) is 13.8 Å². The summed E-state index contributed by atoms with van der Waals surface area (Å²) in [6.07, 6.45) is 1.36. The molecule has 3 nitrogen and oxygen atoms in total. The van der Waals surface area contributed by atoms with Crippen molar-refractivity contribution in [1.29, 1.82) is 0 Å². The molecule has 0 aliphatic carbocycles. The van der Waals surface area contributed by atoms with Gasteiger partial charge in [0.2, 0.25) is 5.60 Å². The second kappa shape index (κ2) is 8.39. The van der Waals surface area contributed by atoms with Crippen LogP contribution in [0.15, 0.2) is 42.5 Å². The molecule has 0 saturated carbocycles. The molecular weight excluding hydrogens is 336 g/mol. The number of carbonyl (C=O) groups excluding carboxylic acids is 1. The molecule has 0 N–H and O–H groups in total. The highest BCUT2D eigenvalue weighted by atomic mass is 35.5. The third kappa shape index (κ3) is 4.99. The summed E-state index contributed by atoms with van der Waals surface area (Å²) in [5, 5.41) is 0.738. The Morgan fingerprint density at radius 1 is 1.12 bits per heavy atom. The van der Waals surface area contributed by atoms with E-state index in [-0.39, 0.29) is 5.97 Å². The third-order valence-corrected chi connectivity index (χ3v) is 4.60. The van der Waals surface area contributed by atoms with Gasteiger partial charge in [-0.3, -0.25) is 0 Å². The van der Waals surface area contributed by atoms with E-state index in [0.717, 1.165) is 17.0 Å². The van der Waals surface area contributed by atoms with Gasteiger partial charge in [0, 0.05) is 5.02 Å². The molecule has 1 unspecified atom stereocenters. The van der Waals surface area contributed by atoms with E-state index >= 15 is 0 Å². The minimum atomic E-state index is -0.972. The first-order chi connectivity index (χ1) is 11.9. The second-order valence-electron chi connectivity index (χ2n) is 6.30. The lowest BCUT2D eigenvalue weighted by Crippen LogP contribution is -2.42. The molecule has 0 bridgehead atoms. The van der Waals surface area contributed by atoms with Crippen molar-refractivity contribution >= 4 is 17.6 Å². The summed E-state index contributed by atoms with van der Waals surface area (Å²) in [7, 11) is 0. The van der Waals surface area contributed by atoms with Crippen LogP contribution >= 0.6 is 11.6 Å². The molecule has 2 aromatic rings. The predicted octanol–water partition coefficient (Wildman–Crippen LogP) is 5.35. The van der Waals surface area contributed by atoms with Gasteiger partial charge >= 0.3 is 5.97 Å². The normalized spacial score (nSPS) is 13.2. The monoisotopic (exact) mass is 360 g/mol. The van der Waals surface area contributed by atoms with Crippen LogP contribution in [-0.2, 0) is 16.0 Å². The summed E-state index contributed by atoms with van der Waals surface area (Å²) in [5.74, 6) is 0.343. The smallest absolute Gasteiger partial charge is 0.350 e. The molecule has 0 radical (unpaired) electrons. The summed E-state index contributed by atoms with van der Waals surface area (Å²) in [6, 6.07) is 13.8. The zero-order valence-electron chi connectivity index (χ0n) is 15.3. The van der Waals surface area contributed by atoms with E-state index in [0.29, 0.717) is 18.8 Å². The van der Waals surface area contributed by atoms with Crippen LogP contribution in [0, 0.1) is 6.92 Å². The van der Waals surface area contributed by atoms with Crippen molar-refractivity contribution in [2.45, 2.75) is 46.1 Å². The number of aryl methyl sites for hydroxylation is 1. The van der Waals surface area contributed by atoms with Crippen molar-refractivity contribution in [3.63, 3.8) is 0 Å². The molecule has 4 heteroatoms. The zero-order chi connectivity index (χ0) is 18.4. The molecule has 2 rings (SSSR count). The Morgan fingerprint density at radius 2 is 1.80 bits per heavy atom. The number of esters is 1.